The number of rotatable bonds is 4. The summed E-state index contributed by atoms with van der Waals surface area (Å²) < 4.78 is 13.4. The van der Waals surface area contributed by atoms with Gasteiger partial charge >= 0.3 is 0 Å². The maximum atomic E-state index is 13.4. The zero-order valence-electron chi connectivity index (χ0n) is 12.2. The van der Waals surface area contributed by atoms with E-state index >= 15 is 0 Å². The fourth-order valence-electron chi connectivity index (χ4n) is 2.70. The molecule has 22 heavy (non-hydrogen) atoms. The van der Waals surface area contributed by atoms with Gasteiger partial charge in [0.05, 0.1) is 0 Å². The third-order valence-corrected chi connectivity index (χ3v) is 5.08. The van der Waals surface area contributed by atoms with Gasteiger partial charge in [0.1, 0.15) is 11.2 Å². The molecule has 1 amide bonds. The van der Waals surface area contributed by atoms with Crippen molar-refractivity contribution in [3.8, 4) is 0 Å². The second-order valence-electron chi connectivity index (χ2n) is 5.35. The zero-order valence-corrected chi connectivity index (χ0v) is 13.1. The van der Waals surface area contributed by atoms with E-state index in [1.165, 1.54) is 17.7 Å². The van der Waals surface area contributed by atoms with Crippen LogP contribution >= 0.6 is 11.8 Å². The quantitative estimate of drug-likeness (QED) is 0.849. The van der Waals surface area contributed by atoms with Crippen molar-refractivity contribution in [1.29, 1.82) is 0 Å². The molecule has 0 aromatic heterocycles. The number of benzene rings is 2. The summed E-state index contributed by atoms with van der Waals surface area (Å²) in [5, 5.41) is -0.0565. The highest BCUT2D eigenvalue weighted by molar-refractivity contribution is 7.99. The molecule has 0 N–H and O–H groups in total. The maximum Gasteiger partial charge on any atom is 0.224 e. The van der Waals surface area contributed by atoms with Crippen LogP contribution in [0, 0.1) is 5.82 Å². The van der Waals surface area contributed by atoms with Crippen molar-refractivity contribution >= 4 is 17.7 Å². The van der Waals surface area contributed by atoms with E-state index in [9.17, 15) is 9.18 Å². The van der Waals surface area contributed by atoms with Crippen LogP contribution in [-0.2, 0) is 11.2 Å². The monoisotopic (exact) mass is 315 g/mol. The minimum atomic E-state index is -0.248. The largest absolute Gasteiger partial charge is 0.326 e. The van der Waals surface area contributed by atoms with Gasteiger partial charge in [-0.1, -0.05) is 42.5 Å². The number of hydrogen-bond acceptors (Lipinski definition) is 2. The Balaban J connectivity index is 1.66. The Morgan fingerprint density at radius 2 is 2.00 bits per heavy atom. The van der Waals surface area contributed by atoms with Gasteiger partial charge in [0.2, 0.25) is 5.91 Å². The number of hydrogen-bond donors (Lipinski definition) is 0. The van der Waals surface area contributed by atoms with Gasteiger partial charge in [0.25, 0.3) is 0 Å². The Morgan fingerprint density at radius 3 is 2.77 bits per heavy atom. The fourth-order valence-corrected chi connectivity index (χ4v) is 3.97. The molecule has 0 aliphatic carbocycles. The van der Waals surface area contributed by atoms with Gasteiger partial charge in [0.15, 0.2) is 0 Å². The molecule has 1 saturated heterocycles. The SMILES string of the molecule is O=C(CCc1ccccc1)N1CCS[C@H]1c1cccc(F)c1. The molecule has 2 nitrogen and oxygen atoms in total. The molecular formula is C18H18FNOS. The van der Waals surface area contributed by atoms with Crippen LogP contribution in [0.3, 0.4) is 0 Å². The van der Waals surface area contributed by atoms with Gasteiger partial charge in [-0.05, 0) is 29.7 Å². The molecule has 3 rings (SSSR count). The van der Waals surface area contributed by atoms with Crippen LogP contribution in [0.1, 0.15) is 22.9 Å². The van der Waals surface area contributed by atoms with Crippen LogP contribution in [0.5, 0.6) is 0 Å². The number of nitrogens with zero attached hydrogens (tertiary/aromatic N) is 1. The summed E-state index contributed by atoms with van der Waals surface area (Å²) in [6.45, 7) is 0.736. The van der Waals surface area contributed by atoms with E-state index in [-0.39, 0.29) is 17.1 Å². The molecule has 1 aliphatic rings. The highest BCUT2D eigenvalue weighted by Gasteiger charge is 2.30. The normalized spacial score (nSPS) is 17.7. The van der Waals surface area contributed by atoms with Gasteiger partial charge < -0.3 is 4.90 Å². The van der Waals surface area contributed by atoms with E-state index in [2.05, 4.69) is 0 Å². The Labute approximate surface area is 134 Å². The molecule has 0 radical (unpaired) electrons. The lowest BCUT2D eigenvalue weighted by molar-refractivity contribution is -0.131. The van der Waals surface area contributed by atoms with Gasteiger partial charge in [-0.3, -0.25) is 4.79 Å². The Kier molecular flexibility index (Phi) is 4.78. The molecule has 1 fully saturated rings. The second-order valence-corrected chi connectivity index (χ2v) is 6.54. The zero-order chi connectivity index (χ0) is 15.4. The van der Waals surface area contributed by atoms with E-state index in [1.807, 2.05) is 41.3 Å². The van der Waals surface area contributed by atoms with E-state index in [4.69, 9.17) is 0 Å². The van der Waals surface area contributed by atoms with Gasteiger partial charge in [-0.25, -0.2) is 4.39 Å². The molecule has 1 heterocycles. The van der Waals surface area contributed by atoms with Crippen LogP contribution in [0.25, 0.3) is 0 Å². The highest BCUT2D eigenvalue weighted by Crippen LogP contribution is 2.38. The molecule has 1 aliphatic heterocycles. The predicted octanol–water partition coefficient (Wildman–Crippen LogP) is 4.03. The molecule has 0 bridgehead atoms. The lowest BCUT2D eigenvalue weighted by atomic mass is 10.1. The summed E-state index contributed by atoms with van der Waals surface area (Å²) >= 11 is 1.70. The smallest absolute Gasteiger partial charge is 0.224 e. The van der Waals surface area contributed by atoms with Crippen LogP contribution in [0.4, 0.5) is 4.39 Å². The number of halogens is 1. The minimum absolute atomic E-state index is 0.0565. The summed E-state index contributed by atoms with van der Waals surface area (Å²) in [6.07, 6.45) is 1.24. The van der Waals surface area contributed by atoms with E-state index in [0.29, 0.717) is 6.42 Å². The standard InChI is InChI=1S/C18H18FNOS/c19-16-8-4-7-15(13-16)18-20(11-12-22-18)17(21)10-9-14-5-2-1-3-6-14/h1-8,13,18H,9-12H2/t18-/m0/s1. The molecular weight excluding hydrogens is 297 g/mol. The molecule has 4 heteroatoms. The van der Waals surface area contributed by atoms with Crippen LogP contribution in [0.2, 0.25) is 0 Å². The first-order valence-electron chi connectivity index (χ1n) is 7.44. The summed E-state index contributed by atoms with van der Waals surface area (Å²) in [5.74, 6) is 0.794. The molecule has 2 aromatic carbocycles. The van der Waals surface area contributed by atoms with Crippen molar-refractivity contribution in [1.82, 2.24) is 4.90 Å². The molecule has 114 valence electrons. The minimum Gasteiger partial charge on any atom is -0.326 e. The number of thioether (sulfide) groups is 1. The second kappa shape index (κ2) is 6.97. The molecule has 0 saturated carbocycles. The lowest BCUT2D eigenvalue weighted by Crippen LogP contribution is -2.30. The Morgan fingerprint density at radius 1 is 1.18 bits per heavy atom. The average Bonchev–Trinajstić information content (AvgIpc) is 3.03. The molecule has 0 unspecified atom stereocenters. The summed E-state index contributed by atoms with van der Waals surface area (Å²) in [7, 11) is 0. The first-order valence-corrected chi connectivity index (χ1v) is 8.49. The predicted molar refractivity (Wildman–Crippen MR) is 88.1 cm³/mol. The van der Waals surface area contributed by atoms with Crippen molar-refractivity contribution in [3.63, 3.8) is 0 Å². The van der Waals surface area contributed by atoms with Gasteiger partial charge in [-0.2, -0.15) is 0 Å². The third-order valence-electron chi connectivity index (χ3n) is 3.82. The van der Waals surface area contributed by atoms with Crippen molar-refractivity contribution in [2.75, 3.05) is 12.3 Å². The van der Waals surface area contributed by atoms with Crippen molar-refractivity contribution in [3.05, 3.63) is 71.5 Å². The first-order chi connectivity index (χ1) is 10.7. The van der Waals surface area contributed by atoms with Gasteiger partial charge in [-0.15, -0.1) is 11.8 Å². The third kappa shape index (κ3) is 3.50. The lowest BCUT2D eigenvalue weighted by Gasteiger charge is -2.24. The van der Waals surface area contributed by atoms with E-state index in [1.54, 1.807) is 17.8 Å². The summed E-state index contributed by atoms with van der Waals surface area (Å²) in [5.41, 5.74) is 2.04. The van der Waals surface area contributed by atoms with Crippen LogP contribution in [0.15, 0.2) is 54.6 Å². The van der Waals surface area contributed by atoms with Crippen LogP contribution < -0.4 is 0 Å². The average molecular weight is 315 g/mol. The molecule has 0 spiro atoms. The number of aryl methyl sites for hydroxylation is 1. The van der Waals surface area contributed by atoms with Crippen LogP contribution in [-0.4, -0.2) is 23.1 Å². The maximum absolute atomic E-state index is 13.4. The first kappa shape index (κ1) is 15.1. The van der Waals surface area contributed by atoms with Crippen molar-refractivity contribution < 1.29 is 9.18 Å². The van der Waals surface area contributed by atoms with Gasteiger partial charge in [0, 0.05) is 18.7 Å². The number of carbonyl (C=O) groups is 1. The number of carbonyl (C=O) groups excluding carboxylic acids is 1. The van der Waals surface area contributed by atoms with E-state index < -0.39 is 0 Å². The summed E-state index contributed by atoms with van der Waals surface area (Å²) in [4.78, 5) is 14.4. The number of amides is 1. The molecule has 2 aromatic rings. The Hall–Kier alpha value is -1.81. The fraction of sp³-hybridized carbons (Fsp3) is 0.278. The highest BCUT2D eigenvalue weighted by atomic mass is 32.2. The topological polar surface area (TPSA) is 20.3 Å². The molecule has 1 atom stereocenters. The van der Waals surface area contributed by atoms with Crippen molar-refractivity contribution in [2.45, 2.75) is 18.2 Å². The Bertz CT molecular complexity index is 647. The van der Waals surface area contributed by atoms with Crippen molar-refractivity contribution in [2.24, 2.45) is 0 Å². The summed E-state index contributed by atoms with van der Waals surface area (Å²) in [6, 6.07) is 16.6. The van der Waals surface area contributed by atoms with E-state index in [0.717, 1.165) is 24.3 Å².